The molecule has 3 heterocycles. The minimum Gasteiger partial charge on any atom is -0.504 e. The third kappa shape index (κ3) is 1.80. The van der Waals surface area contributed by atoms with E-state index in [1.54, 1.807) is 0 Å². The summed E-state index contributed by atoms with van der Waals surface area (Å²) >= 11 is 0. The van der Waals surface area contributed by atoms with Crippen LogP contribution in [0.5, 0.6) is 11.5 Å². The van der Waals surface area contributed by atoms with E-state index in [1.807, 2.05) is 6.07 Å². The van der Waals surface area contributed by atoms with E-state index in [0.717, 1.165) is 37.5 Å². The molecule has 2 bridgehead atoms. The van der Waals surface area contributed by atoms with Crippen LogP contribution in [0.2, 0.25) is 0 Å². The summed E-state index contributed by atoms with van der Waals surface area (Å²) in [6.45, 7) is 2.42. The van der Waals surface area contributed by atoms with Crippen LogP contribution in [-0.4, -0.2) is 34.1 Å². The van der Waals surface area contributed by atoms with Crippen LogP contribution in [-0.2, 0) is 18.3 Å². The number of benzene rings is 2. The van der Waals surface area contributed by atoms with Gasteiger partial charge in [0, 0.05) is 34.5 Å². The van der Waals surface area contributed by atoms with Gasteiger partial charge >= 0.3 is 0 Å². The quantitative estimate of drug-likeness (QED) is 0.670. The van der Waals surface area contributed by atoms with Crippen LogP contribution in [0.4, 0.5) is 0 Å². The molecule has 1 saturated heterocycles. The van der Waals surface area contributed by atoms with Crippen LogP contribution in [0.1, 0.15) is 47.8 Å². The Morgan fingerprint density at radius 1 is 1.13 bits per heavy atom. The number of nitrogens with one attached hydrogen (secondary N) is 1. The summed E-state index contributed by atoms with van der Waals surface area (Å²) in [7, 11) is 0. The molecule has 0 radical (unpaired) electrons. The fourth-order valence-corrected chi connectivity index (χ4v) is 7.55. The summed E-state index contributed by atoms with van der Waals surface area (Å²) in [5.41, 5.74) is 6.66. The highest BCUT2D eigenvalue weighted by Gasteiger charge is 2.65. The predicted octanol–water partition coefficient (Wildman–Crippen LogP) is 4.46. The fourth-order valence-electron chi connectivity index (χ4n) is 7.55. The second-order valence-corrected chi connectivity index (χ2v) is 10.3. The maximum Gasteiger partial charge on any atom is 0.166 e. The molecule has 2 aromatic carbocycles. The average molecular weight is 399 g/mol. The number of aromatic nitrogens is 1. The smallest absolute Gasteiger partial charge is 0.166 e. The summed E-state index contributed by atoms with van der Waals surface area (Å²) in [5.74, 6) is 2.55. The van der Waals surface area contributed by atoms with Crippen molar-refractivity contribution in [1.29, 1.82) is 0 Å². The lowest BCUT2D eigenvalue weighted by Crippen LogP contribution is -2.63. The van der Waals surface area contributed by atoms with Gasteiger partial charge < -0.3 is 14.8 Å². The summed E-state index contributed by atoms with van der Waals surface area (Å²) in [4.78, 5) is 6.55. The predicted molar refractivity (Wildman–Crippen MR) is 115 cm³/mol. The van der Waals surface area contributed by atoms with Gasteiger partial charge in [0.15, 0.2) is 11.5 Å². The van der Waals surface area contributed by atoms with Crippen molar-refractivity contribution in [2.24, 2.45) is 11.8 Å². The normalized spacial score (nSPS) is 33.3. The molecule has 3 aromatic rings. The largest absolute Gasteiger partial charge is 0.504 e. The van der Waals surface area contributed by atoms with E-state index in [-0.39, 0.29) is 11.5 Å². The van der Waals surface area contributed by atoms with Gasteiger partial charge in [-0.2, -0.15) is 0 Å². The number of aromatic hydroxyl groups is 1. The molecule has 4 nitrogen and oxygen atoms in total. The van der Waals surface area contributed by atoms with E-state index in [1.165, 1.54) is 52.7 Å². The molecule has 1 aromatic heterocycles. The van der Waals surface area contributed by atoms with Crippen LogP contribution in [0, 0.1) is 11.8 Å². The molecule has 2 aliphatic heterocycles. The van der Waals surface area contributed by atoms with E-state index in [4.69, 9.17) is 4.74 Å². The molecule has 2 N–H and O–H groups in total. The molecule has 5 aliphatic rings. The summed E-state index contributed by atoms with van der Waals surface area (Å²) in [6.07, 6.45) is 6.14. The third-order valence-electron chi connectivity index (χ3n) is 8.95. The lowest BCUT2D eigenvalue weighted by Gasteiger charge is -2.58. The van der Waals surface area contributed by atoms with Crippen LogP contribution in [0.3, 0.4) is 0 Å². The minimum atomic E-state index is -0.00780. The first-order chi connectivity index (χ1) is 14.7. The van der Waals surface area contributed by atoms with Gasteiger partial charge in [0.2, 0.25) is 0 Å². The number of phenols is 1. The zero-order valence-electron chi connectivity index (χ0n) is 17.0. The first-order valence-corrected chi connectivity index (χ1v) is 11.6. The number of hydrogen-bond donors (Lipinski definition) is 2. The van der Waals surface area contributed by atoms with E-state index >= 15 is 0 Å². The number of hydrogen-bond acceptors (Lipinski definition) is 3. The van der Waals surface area contributed by atoms with Gasteiger partial charge in [0.05, 0.1) is 5.69 Å². The number of H-pyrrole nitrogens is 1. The monoisotopic (exact) mass is 398 g/mol. The topological polar surface area (TPSA) is 48.5 Å². The van der Waals surface area contributed by atoms with Gasteiger partial charge in [0.1, 0.15) is 6.10 Å². The highest BCUT2D eigenvalue weighted by atomic mass is 16.5. The number of rotatable bonds is 2. The standard InChI is InChI=1S/C26H26N2O2/c29-21-8-7-15-11-20-18-12-17-16-3-1-2-4-19(16)27-23(17)25-26(18,22(15)24(21)30-25)9-10-28(20)13-14-5-6-14/h1-4,7-8,14,18,20,25,27,29H,5-6,9-13H2/t18-,20+,25?,26-/m0/s1. The second-order valence-electron chi connectivity index (χ2n) is 10.3. The van der Waals surface area contributed by atoms with Gasteiger partial charge in [-0.25, -0.2) is 0 Å². The zero-order chi connectivity index (χ0) is 19.6. The van der Waals surface area contributed by atoms with Crippen molar-refractivity contribution >= 4 is 10.9 Å². The van der Waals surface area contributed by atoms with E-state index in [0.29, 0.717) is 17.7 Å². The Morgan fingerprint density at radius 3 is 2.93 bits per heavy atom. The Kier molecular flexibility index (Phi) is 2.83. The molecule has 4 atom stereocenters. The van der Waals surface area contributed by atoms with Crippen molar-refractivity contribution in [2.75, 3.05) is 13.1 Å². The number of phenolic OH excluding ortho intramolecular Hbond substituents is 1. The van der Waals surface area contributed by atoms with Crippen molar-refractivity contribution in [3.63, 3.8) is 0 Å². The molecule has 4 heteroatoms. The van der Waals surface area contributed by atoms with Gasteiger partial charge in [-0.3, -0.25) is 4.90 Å². The van der Waals surface area contributed by atoms with Crippen LogP contribution < -0.4 is 4.74 Å². The lowest BCUT2D eigenvalue weighted by atomic mass is 9.51. The maximum absolute atomic E-state index is 10.7. The molecule has 2 fully saturated rings. The number of ether oxygens (including phenoxy) is 1. The van der Waals surface area contributed by atoms with Gasteiger partial charge in [-0.1, -0.05) is 24.3 Å². The van der Waals surface area contributed by atoms with E-state index < -0.39 is 0 Å². The Labute approximate surface area is 175 Å². The van der Waals surface area contributed by atoms with Crippen molar-refractivity contribution in [2.45, 2.75) is 49.7 Å². The van der Waals surface area contributed by atoms with Crippen molar-refractivity contribution < 1.29 is 9.84 Å². The maximum atomic E-state index is 10.7. The Morgan fingerprint density at radius 2 is 2.03 bits per heavy atom. The van der Waals surface area contributed by atoms with E-state index in [2.05, 4.69) is 40.2 Å². The Bertz CT molecular complexity index is 1230. The third-order valence-corrected chi connectivity index (χ3v) is 8.95. The van der Waals surface area contributed by atoms with Crippen molar-refractivity contribution in [3.05, 3.63) is 58.8 Å². The Balaban J connectivity index is 1.39. The molecule has 0 amide bonds. The minimum absolute atomic E-state index is 0.000248. The summed E-state index contributed by atoms with van der Waals surface area (Å²) in [5, 5.41) is 12.1. The summed E-state index contributed by atoms with van der Waals surface area (Å²) in [6, 6.07) is 13.3. The van der Waals surface area contributed by atoms with Crippen LogP contribution in [0.15, 0.2) is 36.4 Å². The number of likely N-dealkylation sites (tertiary alicyclic amines) is 1. The molecule has 8 rings (SSSR count). The highest BCUT2D eigenvalue weighted by molar-refractivity contribution is 5.86. The number of fused-ring (bicyclic) bond motifs is 4. The van der Waals surface area contributed by atoms with E-state index in [9.17, 15) is 5.11 Å². The Hall–Kier alpha value is -2.46. The number of para-hydroxylation sites is 1. The molecular weight excluding hydrogens is 372 g/mol. The average Bonchev–Trinajstić information content (AvgIpc) is 3.39. The highest BCUT2D eigenvalue weighted by Crippen LogP contribution is 2.67. The molecule has 152 valence electrons. The number of aromatic amines is 1. The van der Waals surface area contributed by atoms with Crippen LogP contribution in [0.25, 0.3) is 10.9 Å². The molecule has 1 spiro atoms. The molecular formula is C26H26N2O2. The number of piperidine rings is 1. The van der Waals surface area contributed by atoms with Gasteiger partial charge in [0.25, 0.3) is 0 Å². The molecule has 1 unspecified atom stereocenters. The second kappa shape index (κ2) is 5.23. The lowest BCUT2D eigenvalue weighted by molar-refractivity contribution is -0.0370. The molecule has 30 heavy (non-hydrogen) atoms. The number of nitrogens with zero attached hydrogens (tertiary/aromatic N) is 1. The molecule has 1 saturated carbocycles. The summed E-state index contributed by atoms with van der Waals surface area (Å²) < 4.78 is 6.69. The SMILES string of the molecule is Oc1ccc2c3c1OC1c4[nH]c5ccccc5c4C[C@H]4[C@@H](C2)N(CC2CC2)CC[C@]314. The molecule has 3 aliphatic carbocycles. The first kappa shape index (κ1) is 16.3. The van der Waals surface area contributed by atoms with Crippen LogP contribution >= 0.6 is 0 Å². The zero-order valence-corrected chi connectivity index (χ0v) is 17.0. The van der Waals surface area contributed by atoms with Gasteiger partial charge in [-0.05, 0) is 73.7 Å². The van der Waals surface area contributed by atoms with Crippen molar-refractivity contribution in [3.8, 4) is 11.5 Å². The first-order valence-electron chi connectivity index (χ1n) is 11.6. The fraction of sp³-hybridized carbons (Fsp3) is 0.462. The van der Waals surface area contributed by atoms with Gasteiger partial charge in [-0.15, -0.1) is 0 Å². The van der Waals surface area contributed by atoms with Crippen molar-refractivity contribution in [1.82, 2.24) is 9.88 Å².